The number of rotatable bonds is 5. The summed E-state index contributed by atoms with van der Waals surface area (Å²) >= 11 is 0. The largest absolute Gasteiger partial charge is 0.354 e. The molecular weight excluding hydrogens is 258 g/mol. The Balaban J connectivity index is 2.14. The Morgan fingerprint density at radius 3 is 2.55 bits per heavy atom. The average molecular weight is 277 g/mol. The number of nitrogens with one attached hydrogen (secondary N) is 2. The molecular formula is C11H19N9. The average Bonchev–Trinajstić information content (AvgIpc) is 2.90. The van der Waals surface area contributed by atoms with E-state index in [9.17, 15) is 0 Å². The highest BCUT2D eigenvalue weighted by molar-refractivity contribution is 5.36. The number of aromatic nitrogens is 6. The van der Waals surface area contributed by atoms with Gasteiger partial charge in [0.1, 0.15) is 12.7 Å². The fourth-order valence-electron chi connectivity index (χ4n) is 1.47. The number of anilines is 2. The SMILES string of the molecule is CC(C)(C)CCNc1nc(NN)nc(-n2cncn2)n1. The molecule has 9 heteroatoms. The summed E-state index contributed by atoms with van der Waals surface area (Å²) in [4.78, 5) is 16.4. The first kappa shape index (κ1) is 14.1. The third kappa shape index (κ3) is 3.85. The molecule has 108 valence electrons. The van der Waals surface area contributed by atoms with Crippen LogP contribution in [0.2, 0.25) is 0 Å². The lowest BCUT2D eigenvalue weighted by Gasteiger charge is -2.18. The van der Waals surface area contributed by atoms with E-state index >= 15 is 0 Å². The number of hydrazine groups is 1. The molecule has 0 aliphatic heterocycles. The van der Waals surface area contributed by atoms with Crippen LogP contribution in [0.4, 0.5) is 11.9 Å². The van der Waals surface area contributed by atoms with Crippen LogP contribution in [0.3, 0.4) is 0 Å². The van der Waals surface area contributed by atoms with Crippen molar-refractivity contribution in [1.29, 1.82) is 0 Å². The first-order valence-electron chi connectivity index (χ1n) is 6.29. The molecule has 20 heavy (non-hydrogen) atoms. The van der Waals surface area contributed by atoms with Crippen molar-refractivity contribution in [2.75, 3.05) is 17.3 Å². The van der Waals surface area contributed by atoms with Crippen molar-refractivity contribution in [3.05, 3.63) is 12.7 Å². The molecule has 0 spiro atoms. The van der Waals surface area contributed by atoms with Crippen molar-refractivity contribution < 1.29 is 0 Å². The highest BCUT2D eigenvalue weighted by Gasteiger charge is 2.11. The fraction of sp³-hybridized carbons (Fsp3) is 0.545. The third-order valence-corrected chi connectivity index (χ3v) is 2.53. The lowest BCUT2D eigenvalue weighted by Crippen LogP contribution is -2.18. The van der Waals surface area contributed by atoms with Crippen molar-refractivity contribution in [2.45, 2.75) is 27.2 Å². The third-order valence-electron chi connectivity index (χ3n) is 2.53. The zero-order valence-electron chi connectivity index (χ0n) is 11.8. The van der Waals surface area contributed by atoms with E-state index in [0.29, 0.717) is 11.9 Å². The van der Waals surface area contributed by atoms with Gasteiger partial charge in [0.25, 0.3) is 5.95 Å². The lowest BCUT2D eigenvalue weighted by atomic mass is 9.92. The van der Waals surface area contributed by atoms with Gasteiger partial charge in [-0.25, -0.2) is 10.8 Å². The molecule has 0 radical (unpaired) electrons. The molecule has 2 aromatic heterocycles. The highest BCUT2D eigenvalue weighted by atomic mass is 15.4. The smallest absolute Gasteiger partial charge is 0.258 e. The van der Waals surface area contributed by atoms with Crippen LogP contribution in [0.5, 0.6) is 0 Å². The van der Waals surface area contributed by atoms with Gasteiger partial charge in [0, 0.05) is 6.54 Å². The number of nitrogen functional groups attached to an aromatic ring is 1. The summed E-state index contributed by atoms with van der Waals surface area (Å²) < 4.78 is 1.44. The predicted octanol–water partition coefficient (Wildman–Crippen LogP) is 0.586. The van der Waals surface area contributed by atoms with Crippen LogP contribution in [0.1, 0.15) is 27.2 Å². The maximum absolute atomic E-state index is 5.36. The van der Waals surface area contributed by atoms with Crippen LogP contribution in [-0.2, 0) is 0 Å². The summed E-state index contributed by atoms with van der Waals surface area (Å²) in [5.41, 5.74) is 2.65. The highest BCUT2D eigenvalue weighted by Crippen LogP contribution is 2.18. The second-order valence-electron chi connectivity index (χ2n) is 5.50. The van der Waals surface area contributed by atoms with Crippen LogP contribution in [0, 0.1) is 5.41 Å². The van der Waals surface area contributed by atoms with Crippen molar-refractivity contribution in [1.82, 2.24) is 29.7 Å². The molecule has 0 aliphatic rings. The first-order chi connectivity index (χ1) is 9.48. The Morgan fingerprint density at radius 1 is 1.20 bits per heavy atom. The van der Waals surface area contributed by atoms with E-state index in [0.717, 1.165) is 13.0 Å². The summed E-state index contributed by atoms with van der Waals surface area (Å²) in [7, 11) is 0. The standard InChI is InChI=1S/C11H19N9/c1-11(2,3)4-5-14-8-16-9(19-12)18-10(17-8)20-7-13-6-15-20/h6-7H,4-5,12H2,1-3H3,(H2,14,16,17,18,19). The monoisotopic (exact) mass is 277 g/mol. The van der Waals surface area contributed by atoms with Gasteiger partial charge in [0.2, 0.25) is 11.9 Å². The van der Waals surface area contributed by atoms with E-state index in [1.807, 2.05) is 0 Å². The van der Waals surface area contributed by atoms with Crippen molar-refractivity contribution >= 4 is 11.9 Å². The quantitative estimate of drug-likeness (QED) is 0.536. The minimum atomic E-state index is 0.240. The molecule has 2 heterocycles. The van der Waals surface area contributed by atoms with Gasteiger partial charge in [-0.15, -0.1) is 0 Å². The summed E-state index contributed by atoms with van der Waals surface area (Å²) in [5, 5.41) is 7.14. The molecule has 0 saturated carbocycles. The topological polar surface area (TPSA) is 119 Å². The summed E-state index contributed by atoms with van der Waals surface area (Å²) in [6.07, 6.45) is 3.91. The molecule has 0 saturated heterocycles. The van der Waals surface area contributed by atoms with E-state index < -0.39 is 0 Å². The zero-order valence-corrected chi connectivity index (χ0v) is 11.8. The van der Waals surface area contributed by atoms with Crippen LogP contribution in [-0.4, -0.2) is 36.3 Å². The van der Waals surface area contributed by atoms with Gasteiger partial charge < -0.3 is 5.32 Å². The van der Waals surface area contributed by atoms with Gasteiger partial charge in [0.05, 0.1) is 0 Å². The van der Waals surface area contributed by atoms with Gasteiger partial charge >= 0.3 is 0 Å². The summed E-state index contributed by atoms with van der Waals surface area (Å²) in [6, 6.07) is 0. The number of nitrogens with zero attached hydrogens (tertiary/aromatic N) is 6. The van der Waals surface area contributed by atoms with Crippen molar-refractivity contribution in [2.24, 2.45) is 11.3 Å². The van der Waals surface area contributed by atoms with E-state index in [4.69, 9.17) is 5.84 Å². The van der Waals surface area contributed by atoms with Crippen LogP contribution in [0.15, 0.2) is 12.7 Å². The Morgan fingerprint density at radius 2 is 1.95 bits per heavy atom. The maximum atomic E-state index is 5.36. The lowest BCUT2D eigenvalue weighted by molar-refractivity contribution is 0.389. The number of hydrogen-bond donors (Lipinski definition) is 3. The molecule has 9 nitrogen and oxygen atoms in total. The molecule has 0 unspecified atom stereocenters. The first-order valence-corrected chi connectivity index (χ1v) is 6.29. The second kappa shape index (κ2) is 5.78. The van der Waals surface area contributed by atoms with E-state index in [1.165, 1.54) is 17.3 Å². The van der Waals surface area contributed by atoms with Gasteiger partial charge in [-0.05, 0) is 11.8 Å². The maximum Gasteiger partial charge on any atom is 0.258 e. The Bertz CT molecular complexity index is 544. The summed E-state index contributed by atoms with van der Waals surface area (Å²) in [6.45, 7) is 7.29. The van der Waals surface area contributed by atoms with Crippen molar-refractivity contribution in [3.8, 4) is 5.95 Å². The van der Waals surface area contributed by atoms with E-state index in [-0.39, 0.29) is 11.4 Å². The Labute approximate surface area is 117 Å². The molecule has 0 atom stereocenters. The molecule has 0 aromatic carbocycles. The molecule has 0 aliphatic carbocycles. The van der Waals surface area contributed by atoms with Gasteiger partial charge in [0.15, 0.2) is 0 Å². The number of hydrogen-bond acceptors (Lipinski definition) is 8. The van der Waals surface area contributed by atoms with Crippen LogP contribution in [0.25, 0.3) is 5.95 Å². The van der Waals surface area contributed by atoms with Gasteiger partial charge in [-0.3, -0.25) is 5.43 Å². The summed E-state index contributed by atoms with van der Waals surface area (Å²) in [5.74, 6) is 6.43. The predicted molar refractivity (Wildman–Crippen MR) is 75.1 cm³/mol. The minimum Gasteiger partial charge on any atom is -0.354 e. The minimum absolute atomic E-state index is 0.240. The Hall–Kier alpha value is -2.29. The molecule has 2 aromatic rings. The van der Waals surface area contributed by atoms with Crippen LogP contribution >= 0.6 is 0 Å². The fourth-order valence-corrected chi connectivity index (χ4v) is 1.47. The molecule has 0 fully saturated rings. The zero-order chi connectivity index (χ0) is 14.6. The van der Waals surface area contributed by atoms with Crippen LogP contribution < -0.4 is 16.6 Å². The van der Waals surface area contributed by atoms with E-state index in [1.54, 1.807) is 0 Å². The van der Waals surface area contributed by atoms with Gasteiger partial charge in [-0.2, -0.15) is 24.7 Å². The van der Waals surface area contributed by atoms with Crippen molar-refractivity contribution in [3.63, 3.8) is 0 Å². The Kier molecular flexibility index (Phi) is 4.08. The second-order valence-corrected chi connectivity index (χ2v) is 5.50. The molecule has 0 bridgehead atoms. The molecule has 4 N–H and O–H groups in total. The number of nitrogens with two attached hydrogens (primary N) is 1. The van der Waals surface area contributed by atoms with Gasteiger partial charge in [-0.1, -0.05) is 20.8 Å². The molecule has 2 rings (SSSR count). The normalized spacial score (nSPS) is 11.4. The van der Waals surface area contributed by atoms with E-state index in [2.05, 4.69) is 56.5 Å². The molecule has 0 amide bonds.